The van der Waals surface area contributed by atoms with Crippen LogP contribution in [0.1, 0.15) is 18.0 Å². The molecule has 0 saturated carbocycles. The largest absolute Gasteiger partial charge is 0.299 e. The molecular formula is C25H19ClN4OS. The molecule has 2 heterocycles. The lowest BCUT2D eigenvalue weighted by molar-refractivity contribution is -0.116. The lowest BCUT2D eigenvalue weighted by Crippen LogP contribution is -2.28. The Balaban J connectivity index is 1.44. The minimum atomic E-state index is -0.269. The van der Waals surface area contributed by atoms with E-state index in [-0.39, 0.29) is 18.4 Å². The number of anilines is 2. The molecule has 1 fully saturated rings. The molecule has 3 aromatic carbocycles. The summed E-state index contributed by atoms with van der Waals surface area (Å²) in [6, 6.07) is 27.0. The number of hydrogen-bond acceptors (Lipinski definition) is 5. The molecule has 32 heavy (non-hydrogen) atoms. The normalized spacial score (nSPS) is 17.2. The summed E-state index contributed by atoms with van der Waals surface area (Å²) in [5, 5.41) is 7.95. The van der Waals surface area contributed by atoms with Crippen molar-refractivity contribution in [3.63, 3.8) is 0 Å². The van der Waals surface area contributed by atoms with Crippen LogP contribution in [0.15, 0.2) is 95.4 Å². The SMILES string of the molecule is O=C1CC(=NNc2nc(-c3ccc(Cl)cc3)cs2)C(c2ccccc2)N1c1ccccc1. The Kier molecular flexibility index (Phi) is 5.71. The van der Waals surface area contributed by atoms with Crippen molar-refractivity contribution in [1.82, 2.24) is 4.98 Å². The second kappa shape index (κ2) is 8.94. The van der Waals surface area contributed by atoms with Gasteiger partial charge in [0.05, 0.1) is 17.8 Å². The van der Waals surface area contributed by atoms with Gasteiger partial charge in [0.25, 0.3) is 0 Å². The molecule has 5 nitrogen and oxygen atoms in total. The fraction of sp³-hybridized carbons (Fsp3) is 0.0800. The van der Waals surface area contributed by atoms with Crippen molar-refractivity contribution in [3.05, 3.63) is 101 Å². The van der Waals surface area contributed by atoms with E-state index in [1.807, 2.05) is 95.2 Å². The number of amides is 1. The van der Waals surface area contributed by atoms with E-state index in [0.717, 1.165) is 28.2 Å². The van der Waals surface area contributed by atoms with E-state index < -0.39 is 0 Å². The number of para-hydroxylation sites is 1. The molecule has 1 saturated heterocycles. The van der Waals surface area contributed by atoms with Crippen molar-refractivity contribution in [2.45, 2.75) is 12.5 Å². The van der Waals surface area contributed by atoms with Gasteiger partial charge in [-0.1, -0.05) is 72.3 Å². The van der Waals surface area contributed by atoms with Gasteiger partial charge in [-0.3, -0.25) is 15.1 Å². The number of thiazole rings is 1. The molecule has 1 atom stereocenters. The van der Waals surface area contributed by atoms with Gasteiger partial charge in [-0.25, -0.2) is 4.98 Å². The number of nitrogens with zero attached hydrogens (tertiary/aromatic N) is 3. The van der Waals surface area contributed by atoms with Gasteiger partial charge in [0.2, 0.25) is 11.0 Å². The van der Waals surface area contributed by atoms with Crippen LogP contribution in [-0.2, 0) is 4.79 Å². The number of hydrazone groups is 1. The highest BCUT2D eigenvalue weighted by molar-refractivity contribution is 7.14. The second-order valence-corrected chi connectivity index (χ2v) is 8.64. The Morgan fingerprint density at radius 3 is 2.38 bits per heavy atom. The fourth-order valence-electron chi connectivity index (χ4n) is 3.79. The van der Waals surface area contributed by atoms with E-state index >= 15 is 0 Å². The molecular weight excluding hydrogens is 440 g/mol. The van der Waals surface area contributed by atoms with Crippen LogP contribution in [0.5, 0.6) is 0 Å². The van der Waals surface area contributed by atoms with Gasteiger partial charge in [-0.15, -0.1) is 11.3 Å². The second-order valence-electron chi connectivity index (χ2n) is 7.35. The van der Waals surface area contributed by atoms with Gasteiger partial charge in [-0.2, -0.15) is 5.10 Å². The zero-order valence-corrected chi connectivity index (χ0v) is 18.6. The van der Waals surface area contributed by atoms with Gasteiger partial charge in [0.1, 0.15) is 6.04 Å². The molecule has 1 amide bonds. The first-order chi connectivity index (χ1) is 15.7. The highest BCUT2D eigenvalue weighted by Gasteiger charge is 2.39. The smallest absolute Gasteiger partial charge is 0.233 e. The summed E-state index contributed by atoms with van der Waals surface area (Å²) in [5.74, 6) is 0.0200. The first-order valence-corrected chi connectivity index (χ1v) is 11.4. The van der Waals surface area contributed by atoms with Gasteiger partial charge in [0, 0.05) is 21.7 Å². The predicted octanol–water partition coefficient (Wildman–Crippen LogP) is 6.41. The minimum Gasteiger partial charge on any atom is -0.299 e. The Labute approximate surface area is 195 Å². The summed E-state index contributed by atoms with van der Waals surface area (Å²) < 4.78 is 0. The first-order valence-electron chi connectivity index (χ1n) is 10.1. The molecule has 1 aliphatic heterocycles. The molecule has 1 N–H and O–H groups in total. The van der Waals surface area contributed by atoms with Gasteiger partial charge in [-0.05, 0) is 29.8 Å². The third-order valence-corrected chi connectivity index (χ3v) is 6.26. The van der Waals surface area contributed by atoms with Crippen LogP contribution in [0.25, 0.3) is 11.3 Å². The van der Waals surface area contributed by atoms with E-state index in [1.54, 1.807) is 0 Å². The molecule has 4 aromatic rings. The topological polar surface area (TPSA) is 57.6 Å². The molecule has 0 radical (unpaired) electrons. The molecule has 0 aliphatic carbocycles. The first kappa shape index (κ1) is 20.4. The van der Waals surface area contributed by atoms with Crippen molar-refractivity contribution in [2.75, 3.05) is 10.3 Å². The summed E-state index contributed by atoms with van der Waals surface area (Å²) in [5.41, 5.74) is 7.54. The van der Waals surface area contributed by atoms with Crippen molar-refractivity contribution in [2.24, 2.45) is 5.10 Å². The number of hydrogen-bond donors (Lipinski definition) is 1. The number of rotatable bonds is 5. The number of halogens is 1. The number of benzene rings is 3. The molecule has 5 rings (SSSR count). The highest BCUT2D eigenvalue weighted by atomic mass is 35.5. The third kappa shape index (κ3) is 4.15. The number of aromatic nitrogens is 1. The quantitative estimate of drug-likeness (QED) is 0.351. The van der Waals surface area contributed by atoms with E-state index in [4.69, 9.17) is 11.6 Å². The fourth-order valence-corrected chi connectivity index (χ4v) is 4.57. The van der Waals surface area contributed by atoms with Crippen molar-refractivity contribution >= 4 is 45.4 Å². The molecule has 1 aliphatic rings. The molecule has 158 valence electrons. The maximum absolute atomic E-state index is 13.0. The summed E-state index contributed by atoms with van der Waals surface area (Å²) in [6.07, 6.45) is 0.247. The Morgan fingerprint density at radius 2 is 1.66 bits per heavy atom. The number of carbonyl (C=O) groups is 1. The van der Waals surface area contributed by atoms with Gasteiger partial charge < -0.3 is 0 Å². The van der Waals surface area contributed by atoms with E-state index in [2.05, 4.69) is 15.5 Å². The highest BCUT2D eigenvalue weighted by Crippen LogP contribution is 2.35. The lowest BCUT2D eigenvalue weighted by Gasteiger charge is -2.25. The van der Waals surface area contributed by atoms with Gasteiger partial charge >= 0.3 is 0 Å². The van der Waals surface area contributed by atoms with Crippen LogP contribution in [0.4, 0.5) is 10.8 Å². The maximum atomic E-state index is 13.0. The van der Waals surface area contributed by atoms with E-state index in [1.165, 1.54) is 11.3 Å². The Hall–Kier alpha value is -3.48. The average molecular weight is 459 g/mol. The third-order valence-electron chi connectivity index (χ3n) is 5.26. The number of nitrogens with one attached hydrogen (secondary N) is 1. The van der Waals surface area contributed by atoms with Crippen molar-refractivity contribution < 1.29 is 4.79 Å². The van der Waals surface area contributed by atoms with Crippen LogP contribution in [0, 0.1) is 0 Å². The zero-order valence-electron chi connectivity index (χ0n) is 17.0. The van der Waals surface area contributed by atoms with Crippen LogP contribution in [0.2, 0.25) is 5.02 Å². The molecule has 0 bridgehead atoms. The van der Waals surface area contributed by atoms with Crippen LogP contribution < -0.4 is 10.3 Å². The van der Waals surface area contributed by atoms with E-state index in [0.29, 0.717) is 10.2 Å². The molecule has 1 unspecified atom stereocenters. The van der Waals surface area contributed by atoms with Crippen LogP contribution in [0.3, 0.4) is 0 Å². The van der Waals surface area contributed by atoms with Crippen LogP contribution >= 0.6 is 22.9 Å². The minimum absolute atomic E-state index is 0.0200. The Morgan fingerprint density at radius 1 is 0.969 bits per heavy atom. The maximum Gasteiger partial charge on any atom is 0.233 e. The predicted molar refractivity (Wildman–Crippen MR) is 131 cm³/mol. The summed E-state index contributed by atoms with van der Waals surface area (Å²) >= 11 is 7.45. The average Bonchev–Trinajstić information content (AvgIpc) is 3.43. The molecule has 0 spiro atoms. The number of carbonyl (C=O) groups excluding carboxylic acids is 1. The molecule has 1 aromatic heterocycles. The Bertz CT molecular complexity index is 1260. The summed E-state index contributed by atoms with van der Waals surface area (Å²) in [7, 11) is 0. The zero-order chi connectivity index (χ0) is 21.9. The molecule has 7 heteroatoms. The summed E-state index contributed by atoms with van der Waals surface area (Å²) in [6.45, 7) is 0. The monoisotopic (exact) mass is 458 g/mol. The van der Waals surface area contributed by atoms with Gasteiger partial charge in [0.15, 0.2) is 0 Å². The van der Waals surface area contributed by atoms with Crippen molar-refractivity contribution in [3.8, 4) is 11.3 Å². The summed E-state index contributed by atoms with van der Waals surface area (Å²) in [4.78, 5) is 19.4. The van der Waals surface area contributed by atoms with E-state index in [9.17, 15) is 4.79 Å². The lowest BCUT2D eigenvalue weighted by atomic mass is 10.0. The van der Waals surface area contributed by atoms with Crippen molar-refractivity contribution in [1.29, 1.82) is 0 Å². The van der Waals surface area contributed by atoms with Crippen LogP contribution in [-0.4, -0.2) is 16.6 Å². The standard InChI is InChI=1S/C25H19ClN4OS/c26-19-13-11-17(12-14-19)22-16-32-25(27-22)29-28-21-15-23(31)30(20-9-5-2-6-10-20)24(21)18-7-3-1-4-8-18/h1-14,16,24H,15H2,(H,27,29).